The molecule has 3 aromatic rings. The Morgan fingerprint density at radius 3 is 2.35 bits per heavy atom. The predicted molar refractivity (Wildman–Crippen MR) is 95.0 cm³/mol. The SMILES string of the molecule is COc1ccc(/C=N/Nc2nnc(-n3nc(C)cc3C)nn2)cc1OC. The van der Waals surface area contributed by atoms with E-state index in [9.17, 15) is 0 Å². The Hall–Kier alpha value is -3.56. The molecule has 26 heavy (non-hydrogen) atoms. The largest absolute Gasteiger partial charge is 0.493 e. The van der Waals surface area contributed by atoms with Gasteiger partial charge < -0.3 is 9.47 Å². The molecule has 0 spiro atoms. The second-order valence-electron chi connectivity index (χ2n) is 5.35. The Labute approximate surface area is 149 Å². The van der Waals surface area contributed by atoms with E-state index in [1.165, 1.54) is 0 Å². The number of hydrogen-bond donors (Lipinski definition) is 1. The van der Waals surface area contributed by atoms with Crippen LogP contribution in [0.25, 0.3) is 5.95 Å². The van der Waals surface area contributed by atoms with E-state index in [1.807, 2.05) is 26.0 Å². The molecule has 2 aromatic heterocycles. The highest BCUT2D eigenvalue weighted by atomic mass is 16.5. The van der Waals surface area contributed by atoms with Gasteiger partial charge in [0.05, 0.1) is 26.1 Å². The van der Waals surface area contributed by atoms with E-state index in [0.717, 1.165) is 17.0 Å². The van der Waals surface area contributed by atoms with Gasteiger partial charge in [-0.05, 0) is 43.7 Å². The number of anilines is 1. The summed E-state index contributed by atoms with van der Waals surface area (Å²) in [6.07, 6.45) is 1.60. The normalized spacial score (nSPS) is 10.9. The lowest BCUT2D eigenvalue weighted by atomic mass is 10.2. The van der Waals surface area contributed by atoms with Gasteiger partial charge in [0.25, 0.3) is 11.9 Å². The minimum atomic E-state index is 0.173. The van der Waals surface area contributed by atoms with Crippen LogP contribution in [0.15, 0.2) is 29.4 Å². The van der Waals surface area contributed by atoms with Gasteiger partial charge in [-0.15, -0.1) is 20.4 Å². The van der Waals surface area contributed by atoms with E-state index < -0.39 is 0 Å². The highest BCUT2D eigenvalue weighted by molar-refractivity contribution is 5.81. The highest BCUT2D eigenvalue weighted by Crippen LogP contribution is 2.26. The van der Waals surface area contributed by atoms with Crippen LogP contribution < -0.4 is 14.9 Å². The summed E-state index contributed by atoms with van der Waals surface area (Å²) in [6, 6.07) is 7.36. The van der Waals surface area contributed by atoms with Crippen molar-refractivity contribution >= 4 is 12.2 Å². The van der Waals surface area contributed by atoms with Crippen molar-refractivity contribution in [3.8, 4) is 17.4 Å². The molecule has 0 saturated heterocycles. The second-order valence-corrected chi connectivity index (χ2v) is 5.35. The number of nitrogens with one attached hydrogen (secondary N) is 1. The Kier molecular flexibility index (Phi) is 5.02. The van der Waals surface area contributed by atoms with Crippen molar-refractivity contribution in [1.82, 2.24) is 30.2 Å². The van der Waals surface area contributed by atoms with Crippen LogP contribution in [0.1, 0.15) is 17.0 Å². The molecule has 2 heterocycles. The zero-order valence-corrected chi connectivity index (χ0v) is 14.8. The molecule has 0 bridgehead atoms. The average molecular weight is 354 g/mol. The average Bonchev–Trinajstić information content (AvgIpc) is 3.00. The third-order valence-corrected chi connectivity index (χ3v) is 3.45. The molecule has 0 radical (unpaired) electrons. The van der Waals surface area contributed by atoms with Crippen LogP contribution in [0.2, 0.25) is 0 Å². The first-order valence-corrected chi connectivity index (χ1v) is 7.73. The van der Waals surface area contributed by atoms with Crippen molar-refractivity contribution in [3.05, 3.63) is 41.2 Å². The maximum atomic E-state index is 5.25. The molecule has 0 aliphatic heterocycles. The van der Waals surface area contributed by atoms with Crippen molar-refractivity contribution < 1.29 is 9.47 Å². The van der Waals surface area contributed by atoms with E-state index in [1.54, 1.807) is 37.2 Å². The van der Waals surface area contributed by atoms with Crippen LogP contribution in [-0.2, 0) is 0 Å². The summed E-state index contributed by atoms with van der Waals surface area (Å²) in [5.74, 6) is 1.73. The predicted octanol–water partition coefficient (Wildman–Crippen LogP) is 1.53. The van der Waals surface area contributed by atoms with Crippen LogP contribution in [0.3, 0.4) is 0 Å². The Bertz CT molecular complexity index is 920. The number of hydrogen-bond acceptors (Lipinski definition) is 9. The molecular weight excluding hydrogens is 336 g/mol. The molecule has 10 nitrogen and oxygen atoms in total. The van der Waals surface area contributed by atoms with Gasteiger partial charge in [0.1, 0.15) is 0 Å². The lowest BCUT2D eigenvalue weighted by molar-refractivity contribution is 0.355. The minimum Gasteiger partial charge on any atom is -0.493 e. The summed E-state index contributed by atoms with van der Waals surface area (Å²) in [4.78, 5) is 0. The minimum absolute atomic E-state index is 0.173. The van der Waals surface area contributed by atoms with Crippen LogP contribution >= 0.6 is 0 Å². The Balaban J connectivity index is 1.68. The van der Waals surface area contributed by atoms with Crippen molar-refractivity contribution in [1.29, 1.82) is 0 Å². The summed E-state index contributed by atoms with van der Waals surface area (Å²) < 4.78 is 12.0. The first-order chi connectivity index (χ1) is 12.6. The summed E-state index contributed by atoms with van der Waals surface area (Å²) in [6.45, 7) is 3.80. The maximum absolute atomic E-state index is 5.25. The van der Waals surface area contributed by atoms with Crippen molar-refractivity contribution in [2.45, 2.75) is 13.8 Å². The lowest BCUT2D eigenvalue weighted by Crippen LogP contribution is -2.10. The molecule has 3 rings (SSSR count). The molecule has 0 atom stereocenters. The summed E-state index contributed by atoms with van der Waals surface area (Å²) in [5.41, 5.74) is 5.26. The fourth-order valence-electron chi connectivity index (χ4n) is 2.28. The van der Waals surface area contributed by atoms with Crippen molar-refractivity contribution in [2.24, 2.45) is 5.10 Å². The van der Waals surface area contributed by atoms with Crippen LogP contribution in [0.4, 0.5) is 5.95 Å². The molecule has 10 heteroatoms. The molecule has 0 amide bonds. The van der Waals surface area contributed by atoms with Gasteiger partial charge in [-0.3, -0.25) is 0 Å². The van der Waals surface area contributed by atoms with Crippen molar-refractivity contribution in [2.75, 3.05) is 19.6 Å². The number of aromatic nitrogens is 6. The zero-order chi connectivity index (χ0) is 18.5. The third-order valence-electron chi connectivity index (χ3n) is 3.45. The van der Waals surface area contributed by atoms with Gasteiger partial charge >= 0.3 is 0 Å². The first kappa shape index (κ1) is 17.3. The van der Waals surface area contributed by atoms with E-state index in [0.29, 0.717) is 17.4 Å². The van der Waals surface area contributed by atoms with E-state index >= 15 is 0 Å². The van der Waals surface area contributed by atoms with Crippen molar-refractivity contribution in [3.63, 3.8) is 0 Å². The van der Waals surface area contributed by atoms with Gasteiger partial charge in [0, 0.05) is 5.69 Å². The maximum Gasteiger partial charge on any atom is 0.289 e. The van der Waals surface area contributed by atoms with E-state index in [2.05, 4.69) is 36.0 Å². The van der Waals surface area contributed by atoms with Crippen LogP contribution in [-0.4, -0.2) is 50.6 Å². The topological polar surface area (TPSA) is 112 Å². The Morgan fingerprint density at radius 1 is 1.00 bits per heavy atom. The number of ether oxygens (including phenoxy) is 2. The Morgan fingerprint density at radius 2 is 1.73 bits per heavy atom. The fourth-order valence-corrected chi connectivity index (χ4v) is 2.28. The molecule has 0 aliphatic carbocycles. The van der Waals surface area contributed by atoms with Gasteiger partial charge in [-0.1, -0.05) is 0 Å². The lowest BCUT2D eigenvalue weighted by Gasteiger charge is -2.07. The number of methoxy groups -OCH3 is 2. The van der Waals surface area contributed by atoms with E-state index in [-0.39, 0.29) is 5.95 Å². The summed E-state index contributed by atoms with van der Waals surface area (Å²) in [7, 11) is 3.16. The molecule has 0 aliphatic rings. The monoisotopic (exact) mass is 354 g/mol. The molecule has 1 N–H and O–H groups in total. The molecular formula is C16H18N8O2. The van der Waals surface area contributed by atoms with Crippen LogP contribution in [0.5, 0.6) is 11.5 Å². The van der Waals surface area contributed by atoms with E-state index in [4.69, 9.17) is 9.47 Å². The fraction of sp³-hybridized carbons (Fsp3) is 0.250. The van der Waals surface area contributed by atoms with Gasteiger partial charge in [-0.25, -0.2) is 10.1 Å². The molecule has 1 aromatic carbocycles. The molecule has 0 unspecified atom stereocenters. The second kappa shape index (κ2) is 7.55. The number of hydrazone groups is 1. The van der Waals surface area contributed by atoms with Gasteiger partial charge in [0.2, 0.25) is 0 Å². The number of aryl methyl sites for hydroxylation is 2. The summed E-state index contributed by atoms with van der Waals surface area (Å²) >= 11 is 0. The molecule has 0 saturated carbocycles. The third kappa shape index (κ3) is 3.74. The molecule has 0 fully saturated rings. The smallest absolute Gasteiger partial charge is 0.289 e. The number of rotatable bonds is 6. The standard InChI is InChI=1S/C16H18N8O2/c1-10-7-11(2)24(23-10)16-21-19-15(20-22-16)18-17-9-12-5-6-13(25-3)14(8-12)26-4/h5-9H,1-4H3,(H,18,19,20)/b17-9+. The van der Waals surface area contributed by atoms with Crippen LogP contribution in [0, 0.1) is 13.8 Å². The summed E-state index contributed by atoms with van der Waals surface area (Å²) in [5, 5.41) is 24.2. The quantitative estimate of drug-likeness (QED) is 0.524. The highest BCUT2D eigenvalue weighted by Gasteiger charge is 2.08. The van der Waals surface area contributed by atoms with Gasteiger partial charge in [-0.2, -0.15) is 10.2 Å². The van der Waals surface area contributed by atoms with Gasteiger partial charge in [0.15, 0.2) is 11.5 Å². The first-order valence-electron chi connectivity index (χ1n) is 7.73. The zero-order valence-electron chi connectivity index (χ0n) is 14.8. The number of nitrogens with zero attached hydrogens (tertiary/aromatic N) is 7. The molecule has 134 valence electrons. The number of benzene rings is 1.